The number of hydrogen-bond acceptors (Lipinski definition) is 2. The second kappa shape index (κ2) is 4.70. The summed E-state index contributed by atoms with van der Waals surface area (Å²) in [6.45, 7) is 1.90. The molecule has 2 aromatic rings. The summed E-state index contributed by atoms with van der Waals surface area (Å²) in [5, 5.41) is 4.64. The van der Waals surface area contributed by atoms with Gasteiger partial charge in [0, 0.05) is 7.05 Å². The predicted octanol–water partition coefficient (Wildman–Crippen LogP) is 3.01. The standard InChI is InChI=1S/C18H16N3O/c1-12-16-17(21(19-12)13-8-4-3-5-9-13)14-10-6-7-11-15(14)20(2)18(16)22/h3-11,14H,1-2H3. The first-order valence-corrected chi connectivity index (χ1v) is 7.33. The van der Waals surface area contributed by atoms with E-state index in [2.05, 4.69) is 11.2 Å². The molecular weight excluding hydrogens is 274 g/mol. The second-order valence-electron chi connectivity index (χ2n) is 5.60. The van der Waals surface area contributed by atoms with E-state index in [-0.39, 0.29) is 11.8 Å². The quantitative estimate of drug-likeness (QED) is 0.809. The number of fused-ring (bicyclic) bond motifs is 3. The third-order valence-corrected chi connectivity index (χ3v) is 4.30. The molecule has 0 saturated heterocycles. The van der Waals surface area contributed by atoms with Gasteiger partial charge >= 0.3 is 0 Å². The molecule has 0 saturated carbocycles. The van der Waals surface area contributed by atoms with Gasteiger partial charge in [-0.05, 0) is 19.1 Å². The Morgan fingerprint density at radius 1 is 1.14 bits per heavy atom. The van der Waals surface area contributed by atoms with Gasteiger partial charge in [0.25, 0.3) is 5.91 Å². The molecule has 2 heterocycles. The number of hydrogen-bond donors (Lipinski definition) is 0. The fraction of sp³-hybridized carbons (Fsp3) is 0.167. The molecule has 4 rings (SSSR count). The summed E-state index contributed by atoms with van der Waals surface area (Å²) in [7, 11) is 1.83. The molecule has 1 aliphatic carbocycles. The van der Waals surface area contributed by atoms with Crippen molar-refractivity contribution in [1.82, 2.24) is 14.7 Å². The van der Waals surface area contributed by atoms with Crippen LogP contribution in [0, 0.1) is 13.0 Å². The van der Waals surface area contributed by atoms with Gasteiger partial charge in [-0.2, -0.15) is 5.10 Å². The fourth-order valence-corrected chi connectivity index (χ4v) is 3.23. The minimum atomic E-state index is 0.0147. The monoisotopic (exact) mass is 290 g/mol. The minimum absolute atomic E-state index is 0.0147. The van der Waals surface area contributed by atoms with E-state index >= 15 is 0 Å². The molecule has 0 fully saturated rings. The normalized spacial score (nSPS) is 20.2. The summed E-state index contributed by atoms with van der Waals surface area (Å²) < 4.78 is 1.91. The number of allylic oxidation sites excluding steroid dienone is 2. The number of aryl methyl sites for hydroxylation is 1. The molecule has 1 radical (unpaired) electrons. The van der Waals surface area contributed by atoms with E-state index in [0.29, 0.717) is 0 Å². The Labute approximate surface area is 129 Å². The third-order valence-electron chi connectivity index (χ3n) is 4.30. The van der Waals surface area contributed by atoms with Crippen LogP contribution in [-0.2, 0) is 0 Å². The summed E-state index contributed by atoms with van der Waals surface area (Å²) in [6.07, 6.45) is 8.12. The van der Waals surface area contributed by atoms with Crippen LogP contribution in [0.15, 0.2) is 54.6 Å². The average Bonchev–Trinajstić information content (AvgIpc) is 2.91. The molecule has 0 bridgehead atoms. The van der Waals surface area contributed by atoms with Gasteiger partial charge in [0.05, 0.1) is 28.6 Å². The Kier molecular flexibility index (Phi) is 2.79. The van der Waals surface area contributed by atoms with Crippen molar-refractivity contribution in [2.45, 2.75) is 12.8 Å². The summed E-state index contributed by atoms with van der Waals surface area (Å²) in [6, 6.07) is 11.0. The number of aromatic nitrogens is 2. The Balaban J connectivity index is 1.98. The number of rotatable bonds is 1. The maximum atomic E-state index is 12.7. The Morgan fingerprint density at radius 2 is 1.91 bits per heavy atom. The highest BCUT2D eigenvalue weighted by Crippen LogP contribution is 2.42. The first kappa shape index (κ1) is 13.1. The summed E-state index contributed by atoms with van der Waals surface area (Å²) >= 11 is 0. The zero-order chi connectivity index (χ0) is 15.3. The molecular formula is C18H16N3O. The van der Waals surface area contributed by atoms with Crippen molar-refractivity contribution in [2.24, 2.45) is 0 Å². The lowest BCUT2D eigenvalue weighted by molar-refractivity contribution is 0.0789. The summed E-state index contributed by atoms with van der Waals surface area (Å²) in [5.41, 5.74) is 3.44. The molecule has 4 heteroatoms. The molecule has 1 amide bonds. The first-order chi connectivity index (χ1) is 10.7. The van der Waals surface area contributed by atoms with Gasteiger partial charge in [-0.25, -0.2) is 4.68 Å². The average molecular weight is 290 g/mol. The number of carbonyl (C=O) groups excluding carboxylic acids is 1. The molecule has 22 heavy (non-hydrogen) atoms. The lowest BCUT2D eigenvalue weighted by atomic mass is 9.84. The maximum absolute atomic E-state index is 12.7. The van der Waals surface area contributed by atoms with E-state index in [1.807, 2.05) is 67.2 Å². The zero-order valence-corrected chi connectivity index (χ0v) is 12.5. The zero-order valence-electron chi connectivity index (χ0n) is 12.5. The highest BCUT2D eigenvalue weighted by atomic mass is 16.2. The van der Waals surface area contributed by atoms with E-state index in [4.69, 9.17) is 0 Å². The van der Waals surface area contributed by atoms with E-state index in [0.717, 1.165) is 28.7 Å². The van der Waals surface area contributed by atoms with Crippen LogP contribution in [-0.4, -0.2) is 27.6 Å². The maximum Gasteiger partial charge on any atom is 0.258 e. The van der Waals surface area contributed by atoms with Gasteiger partial charge in [-0.1, -0.05) is 42.5 Å². The third kappa shape index (κ3) is 1.70. The van der Waals surface area contributed by atoms with Crippen molar-refractivity contribution in [2.75, 3.05) is 7.05 Å². The van der Waals surface area contributed by atoms with Gasteiger partial charge in [-0.15, -0.1) is 0 Å². The number of nitrogens with zero attached hydrogens (tertiary/aromatic N) is 3. The Morgan fingerprint density at radius 3 is 2.68 bits per heavy atom. The number of benzene rings is 1. The smallest absolute Gasteiger partial charge is 0.258 e. The Bertz CT molecular complexity index is 801. The van der Waals surface area contributed by atoms with Gasteiger partial charge in [0.1, 0.15) is 6.04 Å². The molecule has 4 nitrogen and oxygen atoms in total. The molecule has 1 aromatic heterocycles. The highest BCUT2D eigenvalue weighted by Gasteiger charge is 2.41. The van der Waals surface area contributed by atoms with Gasteiger partial charge in [0.15, 0.2) is 0 Å². The van der Waals surface area contributed by atoms with Crippen LogP contribution in [0.2, 0.25) is 0 Å². The second-order valence-corrected chi connectivity index (χ2v) is 5.60. The van der Waals surface area contributed by atoms with Crippen LogP contribution < -0.4 is 0 Å². The molecule has 0 spiro atoms. The molecule has 1 aromatic carbocycles. The van der Waals surface area contributed by atoms with Crippen molar-refractivity contribution in [3.8, 4) is 5.69 Å². The highest BCUT2D eigenvalue weighted by molar-refractivity contribution is 5.99. The van der Waals surface area contributed by atoms with Crippen LogP contribution in [0.3, 0.4) is 0 Å². The lowest BCUT2D eigenvalue weighted by Crippen LogP contribution is -2.40. The molecule has 0 N–H and O–H groups in total. The minimum Gasteiger partial charge on any atom is -0.329 e. The van der Waals surface area contributed by atoms with Gasteiger partial charge in [0.2, 0.25) is 0 Å². The van der Waals surface area contributed by atoms with E-state index in [1.54, 1.807) is 4.90 Å². The van der Waals surface area contributed by atoms with Gasteiger partial charge < -0.3 is 4.90 Å². The Hall–Kier alpha value is -2.62. The fourth-order valence-electron chi connectivity index (χ4n) is 3.23. The molecule has 2 aliphatic rings. The van der Waals surface area contributed by atoms with Crippen molar-refractivity contribution in [3.05, 3.63) is 77.6 Å². The summed E-state index contributed by atoms with van der Waals surface area (Å²) in [5.74, 6) is 0.0741. The van der Waals surface area contributed by atoms with Crippen LogP contribution >= 0.6 is 0 Å². The molecule has 1 unspecified atom stereocenters. The van der Waals surface area contributed by atoms with Crippen molar-refractivity contribution >= 4 is 5.91 Å². The van der Waals surface area contributed by atoms with Crippen LogP contribution in [0.4, 0.5) is 0 Å². The predicted molar refractivity (Wildman–Crippen MR) is 84.7 cm³/mol. The molecule has 109 valence electrons. The lowest BCUT2D eigenvalue weighted by Gasteiger charge is -2.36. The topological polar surface area (TPSA) is 38.1 Å². The van der Waals surface area contributed by atoms with E-state index in [1.165, 1.54) is 0 Å². The summed E-state index contributed by atoms with van der Waals surface area (Å²) in [4.78, 5) is 14.5. The van der Waals surface area contributed by atoms with Gasteiger partial charge in [-0.3, -0.25) is 4.79 Å². The van der Waals surface area contributed by atoms with E-state index in [9.17, 15) is 4.79 Å². The molecule has 1 atom stereocenters. The van der Waals surface area contributed by atoms with Crippen molar-refractivity contribution in [3.63, 3.8) is 0 Å². The number of amides is 1. The molecule has 1 aliphatic heterocycles. The van der Waals surface area contributed by atoms with Crippen molar-refractivity contribution < 1.29 is 4.79 Å². The number of carbonyl (C=O) groups is 1. The number of para-hydroxylation sites is 1. The van der Waals surface area contributed by atoms with Crippen LogP contribution in [0.25, 0.3) is 5.69 Å². The van der Waals surface area contributed by atoms with E-state index < -0.39 is 0 Å². The largest absolute Gasteiger partial charge is 0.329 e. The van der Waals surface area contributed by atoms with Crippen LogP contribution in [0.1, 0.15) is 27.7 Å². The SMILES string of the molecule is Cc1nn(-c2ccccc2)c2c1C(=O)N(C)[C]1C=CC=CC12. The van der Waals surface area contributed by atoms with Crippen LogP contribution in [0.5, 0.6) is 0 Å². The first-order valence-electron chi connectivity index (χ1n) is 7.33. The van der Waals surface area contributed by atoms with Crippen molar-refractivity contribution in [1.29, 1.82) is 0 Å². The number of likely N-dealkylation sites (N-methyl/N-ethyl adjacent to an activating group) is 1.